The SMILES string of the molecule is C[C@H](N)c1cccc(O)c1[N+](=O)[O-]. The van der Waals surface area contributed by atoms with Gasteiger partial charge in [-0.25, -0.2) is 0 Å². The van der Waals surface area contributed by atoms with Crippen LogP contribution in [0.25, 0.3) is 0 Å². The van der Waals surface area contributed by atoms with Crippen LogP contribution >= 0.6 is 0 Å². The Bertz CT molecular complexity index is 336. The highest BCUT2D eigenvalue weighted by atomic mass is 16.6. The minimum Gasteiger partial charge on any atom is -0.502 e. The van der Waals surface area contributed by atoms with Gasteiger partial charge in [0.2, 0.25) is 0 Å². The topological polar surface area (TPSA) is 89.4 Å². The summed E-state index contributed by atoms with van der Waals surface area (Å²) in [6, 6.07) is 3.86. The number of phenols is 1. The average molecular weight is 182 g/mol. The summed E-state index contributed by atoms with van der Waals surface area (Å²) >= 11 is 0. The molecular weight excluding hydrogens is 172 g/mol. The third kappa shape index (κ3) is 1.75. The van der Waals surface area contributed by atoms with Gasteiger partial charge in [0.15, 0.2) is 5.75 Å². The van der Waals surface area contributed by atoms with E-state index in [2.05, 4.69) is 0 Å². The number of rotatable bonds is 2. The van der Waals surface area contributed by atoms with Crippen LogP contribution in [0.15, 0.2) is 18.2 Å². The van der Waals surface area contributed by atoms with E-state index in [0.29, 0.717) is 5.56 Å². The van der Waals surface area contributed by atoms with Crippen molar-refractivity contribution < 1.29 is 10.0 Å². The largest absolute Gasteiger partial charge is 0.502 e. The van der Waals surface area contributed by atoms with Gasteiger partial charge in [0.25, 0.3) is 0 Å². The molecule has 0 unspecified atom stereocenters. The first-order chi connectivity index (χ1) is 6.04. The number of para-hydroxylation sites is 1. The van der Waals surface area contributed by atoms with Crippen molar-refractivity contribution in [1.29, 1.82) is 0 Å². The molecule has 1 atom stereocenters. The van der Waals surface area contributed by atoms with Crippen molar-refractivity contribution in [2.45, 2.75) is 13.0 Å². The number of hydrogen-bond donors (Lipinski definition) is 2. The zero-order valence-corrected chi connectivity index (χ0v) is 7.10. The molecule has 5 nitrogen and oxygen atoms in total. The second-order valence-electron chi connectivity index (χ2n) is 2.76. The molecule has 5 heteroatoms. The normalized spacial score (nSPS) is 12.5. The zero-order chi connectivity index (χ0) is 10.0. The second-order valence-corrected chi connectivity index (χ2v) is 2.76. The van der Waals surface area contributed by atoms with Gasteiger partial charge in [-0.3, -0.25) is 10.1 Å². The fourth-order valence-corrected chi connectivity index (χ4v) is 1.12. The Morgan fingerprint density at radius 2 is 2.23 bits per heavy atom. The highest BCUT2D eigenvalue weighted by molar-refractivity contribution is 5.52. The molecule has 0 saturated heterocycles. The van der Waals surface area contributed by atoms with Crippen LogP contribution in [0.5, 0.6) is 5.75 Å². The first kappa shape index (κ1) is 9.47. The molecule has 0 aliphatic carbocycles. The quantitative estimate of drug-likeness (QED) is 0.533. The van der Waals surface area contributed by atoms with E-state index in [1.54, 1.807) is 6.92 Å². The average Bonchev–Trinajstić information content (AvgIpc) is 2.02. The van der Waals surface area contributed by atoms with Crippen LogP contribution in [0.4, 0.5) is 5.69 Å². The summed E-state index contributed by atoms with van der Waals surface area (Å²) in [5.74, 6) is -0.347. The summed E-state index contributed by atoms with van der Waals surface area (Å²) in [6.45, 7) is 1.63. The van der Waals surface area contributed by atoms with Gasteiger partial charge in [0.05, 0.1) is 10.5 Å². The van der Waals surface area contributed by atoms with Crippen LogP contribution in [0.1, 0.15) is 18.5 Å². The lowest BCUT2D eigenvalue weighted by Gasteiger charge is -2.06. The molecule has 3 N–H and O–H groups in total. The van der Waals surface area contributed by atoms with Crippen molar-refractivity contribution in [2.75, 3.05) is 0 Å². The molecule has 13 heavy (non-hydrogen) atoms. The number of nitro groups is 1. The van der Waals surface area contributed by atoms with E-state index in [1.165, 1.54) is 18.2 Å². The lowest BCUT2D eigenvalue weighted by atomic mass is 10.1. The van der Waals surface area contributed by atoms with Crippen molar-refractivity contribution in [3.63, 3.8) is 0 Å². The van der Waals surface area contributed by atoms with Crippen molar-refractivity contribution in [1.82, 2.24) is 0 Å². The van der Waals surface area contributed by atoms with Gasteiger partial charge in [-0.15, -0.1) is 0 Å². The molecule has 0 aliphatic rings. The zero-order valence-electron chi connectivity index (χ0n) is 7.10. The van der Waals surface area contributed by atoms with Gasteiger partial charge in [-0.05, 0) is 13.0 Å². The second kappa shape index (κ2) is 3.40. The van der Waals surface area contributed by atoms with Crippen LogP contribution in [0.2, 0.25) is 0 Å². The Labute approximate surface area is 74.9 Å². The molecule has 0 bridgehead atoms. The van der Waals surface area contributed by atoms with E-state index >= 15 is 0 Å². The minimum atomic E-state index is -0.631. The fraction of sp³-hybridized carbons (Fsp3) is 0.250. The van der Waals surface area contributed by atoms with Crippen LogP contribution in [-0.4, -0.2) is 10.0 Å². The monoisotopic (exact) mass is 182 g/mol. The standard InChI is InChI=1S/C8H10N2O3/c1-5(9)6-3-2-4-7(11)8(6)10(12)13/h2-5,11H,9H2,1H3/t5-/m0/s1. The van der Waals surface area contributed by atoms with Gasteiger partial charge in [0, 0.05) is 6.04 Å². The molecule has 1 aromatic carbocycles. The summed E-state index contributed by atoms with van der Waals surface area (Å²) in [5.41, 5.74) is 5.54. The summed E-state index contributed by atoms with van der Waals surface area (Å²) in [5, 5.41) is 19.8. The Balaban J connectivity index is 3.34. The number of benzene rings is 1. The Morgan fingerprint density at radius 3 is 2.62 bits per heavy atom. The Hall–Kier alpha value is -1.62. The van der Waals surface area contributed by atoms with Crippen molar-refractivity contribution >= 4 is 5.69 Å². The van der Waals surface area contributed by atoms with Crippen LogP contribution in [0, 0.1) is 10.1 Å². The van der Waals surface area contributed by atoms with Gasteiger partial charge in [-0.1, -0.05) is 12.1 Å². The van der Waals surface area contributed by atoms with Crippen LogP contribution in [0.3, 0.4) is 0 Å². The Morgan fingerprint density at radius 1 is 1.62 bits per heavy atom. The number of nitro benzene ring substituents is 1. The highest BCUT2D eigenvalue weighted by Crippen LogP contribution is 2.32. The number of nitrogens with two attached hydrogens (primary N) is 1. The van der Waals surface area contributed by atoms with E-state index in [0.717, 1.165) is 0 Å². The smallest absolute Gasteiger partial charge is 0.315 e. The summed E-state index contributed by atoms with van der Waals surface area (Å²) in [6.07, 6.45) is 0. The van der Waals surface area contributed by atoms with E-state index in [-0.39, 0.29) is 11.4 Å². The van der Waals surface area contributed by atoms with E-state index in [4.69, 9.17) is 5.73 Å². The first-order valence-corrected chi connectivity index (χ1v) is 3.76. The molecule has 0 aromatic heterocycles. The minimum absolute atomic E-state index is 0.308. The molecular formula is C8H10N2O3. The van der Waals surface area contributed by atoms with Crippen LogP contribution in [-0.2, 0) is 0 Å². The highest BCUT2D eigenvalue weighted by Gasteiger charge is 2.20. The van der Waals surface area contributed by atoms with E-state index < -0.39 is 11.0 Å². The maximum atomic E-state index is 10.5. The molecule has 0 amide bonds. The number of nitrogens with zero attached hydrogens (tertiary/aromatic N) is 1. The molecule has 0 heterocycles. The molecule has 0 aliphatic heterocycles. The van der Waals surface area contributed by atoms with Gasteiger partial charge in [0.1, 0.15) is 0 Å². The molecule has 1 aromatic rings. The van der Waals surface area contributed by atoms with Gasteiger partial charge in [-0.2, -0.15) is 0 Å². The molecule has 0 saturated carbocycles. The molecule has 70 valence electrons. The maximum absolute atomic E-state index is 10.5. The predicted molar refractivity (Wildman–Crippen MR) is 47.4 cm³/mol. The number of phenolic OH excluding ortho intramolecular Hbond substituents is 1. The lowest BCUT2D eigenvalue weighted by Crippen LogP contribution is -2.07. The lowest BCUT2D eigenvalue weighted by molar-refractivity contribution is -0.386. The van der Waals surface area contributed by atoms with Crippen molar-refractivity contribution in [3.05, 3.63) is 33.9 Å². The number of hydrogen-bond acceptors (Lipinski definition) is 4. The van der Waals surface area contributed by atoms with E-state index in [9.17, 15) is 15.2 Å². The number of aromatic hydroxyl groups is 1. The van der Waals surface area contributed by atoms with Crippen LogP contribution < -0.4 is 5.73 Å². The van der Waals surface area contributed by atoms with Gasteiger partial charge >= 0.3 is 5.69 Å². The summed E-state index contributed by atoms with van der Waals surface area (Å²) in [4.78, 5) is 9.91. The van der Waals surface area contributed by atoms with Gasteiger partial charge < -0.3 is 10.8 Å². The molecule has 1 rings (SSSR count). The summed E-state index contributed by atoms with van der Waals surface area (Å²) in [7, 11) is 0. The summed E-state index contributed by atoms with van der Waals surface area (Å²) < 4.78 is 0. The van der Waals surface area contributed by atoms with E-state index in [1.807, 2.05) is 0 Å². The molecule has 0 radical (unpaired) electrons. The third-order valence-corrected chi connectivity index (χ3v) is 1.72. The fourth-order valence-electron chi connectivity index (χ4n) is 1.12. The maximum Gasteiger partial charge on any atom is 0.315 e. The predicted octanol–water partition coefficient (Wildman–Crippen LogP) is 1.32. The molecule has 0 fully saturated rings. The molecule has 0 spiro atoms. The third-order valence-electron chi connectivity index (χ3n) is 1.72. The first-order valence-electron chi connectivity index (χ1n) is 3.76. The van der Waals surface area contributed by atoms with Crippen molar-refractivity contribution in [2.24, 2.45) is 5.73 Å². The van der Waals surface area contributed by atoms with Crippen molar-refractivity contribution in [3.8, 4) is 5.75 Å². The Kier molecular flexibility index (Phi) is 2.48.